The number of benzene rings is 4. The predicted octanol–water partition coefficient (Wildman–Crippen LogP) is 7.37. The molecule has 0 spiro atoms. The van der Waals surface area contributed by atoms with E-state index in [9.17, 15) is 19.7 Å². The standard InChI is InChI=1S/C33H31N3O4/c1-3-9-24-14-16-25(17-15-24)33(38)35(27-10-5-4-6-11-27)31-22-23(2)34(30-13-8-7-12-29(30)31)32(37)26-18-20-28(21-19-26)36(39)40/h4-8,10-21,23,31H,3,9,22H2,1-2H3/t23-,31-/m0/s1. The molecule has 1 aliphatic heterocycles. The van der Waals surface area contributed by atoms with E-state index >= 15 is 0 Å². The molecule has 202 valence electrons. The van der Waals surface area contributed by atoms with Gasteiger partial charge in [-0.2, -0.15) is 0 Å². The molecular formula is C33H31N3O4. The van der Waals surface area contributed by atoms with E-state index in [1.165, 1.54) is 29.8 Å². The van der Waals surface area contributed by atoms with Gasteiger partial charge in [0.25, 0.3) is 17.5 Å². The van der Waals surface area contributed by atoms with Crippen molar-refractivity contribution in [3.8, 4) is 0 Å². The molecule has 0 aromatic heterocycles. The number of non-ortho nitro benzene ring substituents is 1. The van der Waals surface area contributed by atoms with Gasteiger partial charge in [0.15, 0.2) is 0 Å². The number of nitro groups is 1. The van der Waals surface area contributed by atoms with Crippen LogP contribution in [-0.4, -0.2) is 22.8 Å². The number of hydrogen-bond acceptors (Lipinski definition) is 4. The Kier molecular flexibility index (Phi) is 7.73. The van der Waals surface area contributed by atoms with E-state index in [0.29, 0.717) is 17.5 Å². The van der Waals surface area contributed by atoms with Gasteiger partial charge in [0.05, 0.1) is 11.0 Å². The van der Waals surface area contributed by atoms with Gasteiger partial charge >= 0.3 is 0 Å². The Balaban J connectivity index is 1.55. The number of amides is 2. The monoisotopic (exact) mass is 533 g/mol. The summed E-state index contributed by atoms with van der Waals surface area (Å²) >= 11 is 0. The van der Waals surface area contributed by atoms with Crippen LogP contribution in [0.4, 0.5) is 17.1 Å². The number of aryl methyl sites for hydroxylation is 1. The molecule has 4 aromatic rings. The SMILES string of the molecule is CCCc1ccc(C(=O)N(c2ccccc2)[C@H]2C[C@H](C)N(C(=O)c3ccc([N+](=O)[O-])cc3)c3ccccc32)cc1. The Hall–Kier alpha value is -4.78. The zero-order valence-corrected chi connectivity index (χ0v) is 22.6. The fourth-order valence-electron chi connectivity index (χ4n) is 5.47. The molecule has 7 heteroatoms. The van der Waals surface area contributed by atoms with Gasteiger partial charge in [0.2, 0.25) is 0 Å². The van der Waals surface area contributed by atoms with Crippen molar-refractivity contribution in [2.75, 3.05) is 9.80 Å². The fraction of sp³-hybridized carbons (Fsp3) is 0.212. The minimum Gasteiger partial charge on any atom is -0.305 e. The summed E-state index contributed by atoms with van der Waals surface area (Å²) in [5, 5.41) is 11.1. The van der Waals surface area contributed by atoms with Crippen LogP contribution in [0.25, 0.3) is 0 Å². The van der Waals surface area contributed by atoms with Crippen molar-refractivity contribution in [2.24, 2.45) is 0 Å². The molecule has 0 saturated carbocycles. The lowest BCUT2D eigenvalue weighted by atomic mass is 9.89. The highest BCUT2D eigenvalue weighted by atomic mass is 16.6. The zero-order chi connectivity index (χ0) is 28.2. The van der Waals surface area contributed by atoms with Crippen molar-refractivity contribution in [3.63, 3.8) is 0 Å². The number of nitro benzene ring substituents is 1. The number of rotatable bonds is 7. The van der Waals surface area contributed by atoms with Gasteiger partial charge < -0.3 is 9.80 Å². The van der Waals surface area contributed by atoms with E-state index in [1.54, 1.807) is 4.90 Å². The molecule has 4 aromatic carbocycles. The van der Waals surface area contributed by atoms with Gasteiger partial charge in [-0.3, -0.25) is 19.7 Å². The summed E-state index contributed by atoms with van der Waals surface area (Å²) in [6.07, 6.45) is 2.52. The Morgan fingerprint density at radius 3 is 2.15 bits per heavy atom. The molecule has 0 saturated heterocycles. The van der Waals surface area contributed by atoms with Crippen LogP contribution in [0, 0.1) is 10.1 Å². The summed E-state index contributed by atoms with van der Waals surface area (Å²) < 4.78 is 0. The van der Waals surface area contributed by atoms with E-state index in [2.05, 4.69) is 6.92 Å². The minimum absolute atomic E-state index is 0.0663. The number of nitrogens with zero attached hydrogens (tertiary/aromatic N) is 3. The maximum atomic E-state index is 14.1. The van der Waals surface area contributed by atoms with Crippen LogP contribution in [0.3, 0.4) is 0 Å². The van der Waals surface area contributed by atoms with Gasteiger partial charge in [-0.15, -0.1) is 0 Å². The third-order valence-electron chi connectivity index (χ3n) is 7.41. The highest BCUT2D eigenvalue weighted by Gasteiger charge is 2.39. The van der Waals surface area contributed by atoms with Gasteiger partial charge in [-0.25, -0.2) is 0 Å². The summed E-state index contributed by atoms with van der Waals surface area (Å²) in [4.78, 5) is 42.1. The Morgan fingerprint density at radius 2 is 1.50 bits per heavy atom. The van der Waals surface area contributed by atoms with Crippen LogP contribution < -0.4 is 9.80 Å². The smallest absolute Gasteiger partial charge is 0.269 e. The number of fused-ring (bicyclic) bond motifs is 1. The molecule has 0 unspecified atom stereocenters. The van der Waals surface area contributed by atoms with Gasteiger partial charge in [0.1, 0.15) is 0 Å². The first-order chi connectivity index (χ1) is 19.4. The second kappa shape index (κ2) is 11.5. The third-order valence-corrected chi connectivity index (χ3v) is 7.41. The summed E-state index contributed by atoms with van der Waals surface area (Å²) in [6, 6.07) is 30.2. The van der Waals surface area contributed by atoms with E-state index in [4.69, 9.17) is 0 Å². The Labute approximate surface area is 233 Å². The maximum Gasteiger partial charge on any atom is 0.269 e. The van der Waals surface area contributed by atoms with E-state index in [0.717, 1.165) is 29.8 Å². The molecule has 1 aliphatic rings. The molecule has 0 radical (unpaired) electrons. The van der Waals surface area contributed by atoms with E-state index in [-0.39, 0.29) is 29.6 Å². The molecular weight excluding hydrogens is 502 g/mol. The quantitative estimate of drug-likeness (QED) is 0.183. The Bertz CT molecular complexity index is 1520. The molecule has 0 fully saturated rings. The molecule has 7 nitrogen and oxygen atoms in total. The number of hydrogen-bond donors (Lipinski definition) is 0. The second-order valence-corrected chi connectivity index (χ2v) is 10.1. The van der Waals surface area contributed by atoms with Crippen molar-refractivity contribution in [1.82, 2.24) is 0 Å². The lowest BCUT2D eigenvalue weighted by Gasteiger charge is -2.43. The van der Waals surface area contributed by atoms with Crippen molar-refractivity contribution in [1.29, 1.82) is 0 Å². The number of para-hydroxylation sites is 2. The molecule has 5 rings (SSSR count). The zero-order valence-electron chi connectivity index (χ0n) is 22.6. The number of anilines is 2. The summed E-state index contributed by atoms with van der Waals surface area (Å²) in [5.41, 5.74) is 4.49. The average Bonchev–Trinajstić information content (AvgIpc) is 2.98. The van der Waals surface area contributed by atoms with Crippen LogP contribution in [0.15, 0.2) is 103 Å². The van der Waals surface area contributed by atoms with E-state index in [1.807, 2.05) is 90.7 Å². The third kappa shape index (κ3) is 5.23. The van der Waals surface area contributed by atoms with Crippen LogP contribution in [0.2, 0.25) is 0 Å². The fourth-order valence-corrected chi connectivity index (χ4v) is 5.47. The van der Waals surface area contributed by atoms with Gasteiger partial charge in [0, 0.05) is 40.7 Å². The molecule has 0 aliphatic carbocycles. The summed E-state index contributed by atoms with van der Waals surface area (Å²) in [6.45, 7) is 4.10. The summed E-state index contributed by atoms with van der Waals surface area (Å²) in [5.74, 6) is -0.339. The highest BCUT2D eigenvalue weighted by molar-refractivity contribution is 6.09. The molecule has 0 N–H and O–H groups in total. The largest absolute Gasteiger partial charge is 0.305 e. The Morgan fingerprint density at radius 1 is 0.875 bits per heavy atom. The van der Waals surface area contributed by atoms with Crippen LogP contribution in [0.1, 0.15) is 64.6 Å². The van der Waals surface area contributed by atoms with Gasteiger partial charge in [-0.05, 0) is 73.4 Å². The first-order valence-corrected chi connectivity index (χ1v) is 13.5. The first-order valence-electron chi connectivity index (χ1n) is 13.5. The summed E-state index contributed by atoms with van der Waals surface area (Å²) in [7, 11) is 0. The minimum atomic E-state index is -0.482. The van der Waals surface area contributed by atoms with Crippen LogP contribution >= 0.6 is 0 Å². The average molecular weight is 534 g/mol. The lowest BCUT2D eigenvalue weighted by Crippen LogP contribution is -2.47. The van der Waals surface area contributed by atoms with Crippen molar-refractivity contribution >= 4 is 28.9 Å². The normalized spacial score (nSPS) is 16.2. The van der Waals surface area contributed by atoms with Crippen molar-refractivity contribution < 1.29 is 14.5 Å². The molecule has 1 heterocycles. The molecule has 0 bridgehead atoms. The first kappa shape index (κ1) is 26.8. The second-order valence-electron chi connectivity index (χ2n) is 10.1. The van der Waals surface area contributed by atoms with Crippen LogP contribution in [-0.2, 0) is 6.42 Å². The molecule has 2 amide bonds. The topological polar surface area (TPSA) is 83.8 Å². The number of carbonyl (C=O) groups is 2. The van der Waals surface area contributed by atoms with Crippen molar-refractivity contribution in [2.45, 2.75) is 45.2 Å². The van der Waals surface area contributed by atoms with Crippen molar-refractivity contribution in [3.05, 3.63) is 135 Å². The maximum absolute atomic E-state index is 14.1. The van der Waals surface area contributed by atoms with E-state index < -0.39 is 4.92 Å². The predicted molar refractivity (Wildman–Crippen MR) is 157 cm³/mol. The lowest BCUT2D eigenvalue weighted by molar-refractivity contribution is -0.384. The molecule has 40 heavy (non-hydrogen) atoms. The molecule has 2 atom stereocenters. The van der Waals surface area contributed by atoms with Gasteiger partial charge in [-0.1, -0.05) is 61.9 Å². The highest BCUT2D eigenvalue weighted by Crippen LogP contribution is 2.43. The van der Waals surface area contributed by atoms with Crippen LogP contribution in [0.5, 0.6) is 0 Å². The number of carbonyl (C=O) groups excluding carboxylic acids is 2.